The summed E-state index contributed by atoms with van der Waals surface area (Å²) in [6.45, 7) is 0. The van der Waals surface area contributed by atoms with Gasteiger partial charge in [-0.05, 0) is 50.1 Å². The van der Waals surface area contributed by atoms with Crippen LogP contribution in [-0.4, -0.2) is 15.8 Å². The minimum absolute atomic E-state index is 0.0612. The Kier molecular flexibility index (Phi) is 4.46. The number of nitro benzene ring substituents is 1. The van der Waals surface area contributed by atoms with Gasteiger partial charge in [-0.3, -0.25) is 14.9 Å². The lowest BCUT2D eigenvalue weighted by Crippen LogP contribution is -2.14. The molecule has 0 unspecified atom stereocenters. The molecule has 8 heteroatoms. The molecule has 0 bridgehead atoms. The number of carbonyl (C=O) groups is 1. The number of nitrogens with one attached hydrogen (secondary N) is 1. The van der Waals surface area contributed by atoms with Crippen LogP contribution in [-0.2, 0) is 0 Å². The Labute approximate surface area is 130 Å². The van der Waals surface area contributed by atoms with E-state index in [1.807, 2.05) is 0 Å². The van der Waals surface area contributed by atoms with Crippen LogP contribution in [0.3, 0.4) is 0 Å². The standard InChI is InChI=1S/C12H7Br2N3O3/c13-8-2-1-5-15-11(8)12(18)16-10-4-3-7(17(19)20)6-9(10)14/h1-6H,(H,16,18). The number of benzene rings is 1. The third kappa shape index (κ3) is 3.20. The Morgan fingerprint density at radius 3 is 2.60 bits per heavy atom. The number of aromatic nitrogens is 1. The SMILES string of the molecule is O=C(Nc1ccc([N+](=O)[O-])cc1Br)c1ncccc1Br. The van der Waals surface area contributed by atoms with Gasteiger partial charge in [0.05, 0.1) is 10.6 Å². The minimum Gasteiger partial charge on any atom is -0.320 e. The monoisotopic (exact) mass is 399 g/mol. The molecule has 0 radical (unpaired) electrons. The molecule has 0 spiro atoms. The van der Waals surface area contributed by atoms with Crippen LogP contribution in [0.4, 0.5) is 11.4 Å². The molecule has 0 fully saturated rings. The lowest BCUT2D eigenvalue weighted by molar-refractivity contribution is -0.384. The van der Waals surface area contributed by atoms with Crippen LogP contribution in [0.25, 0.3) is 0 Å². The molecule has 20 heavy (non-hydrogen) atoms. The Morgan fingerprint density at radius 1 is 1.25 bits per heavy atom. The first kappa shape index (κ1) is 14.6. The van der Waals surface area contributed by atoms with E-state index in [1.165, 1.54) is 24.4 Å². The van der Waals surface area contributed by atoms with Crippen LogP contribution in [0.15, 0.2) is 45.5 Å². The smallest absolute Gasteiger partial charge is 0.275 e. The zero-order valence-corrected chi connectivity index (χ0v) is 13.0. The molecule has 2 aromatic rings. The predicted octanol–water partition coefficient (Wildman–Crippen LogP) is 3.77. The molecule has 1 aromatic carbocycles. The maximum Gasteiger partial charge on any atom is 0.275 e. The van der Waals surface area contributed by atoms with Gasteiger partial charge < -0.3 is 5.32 Å². The second kappa shape index (κ2) is 6.10. The topological polar surface area (TPSA) is 85.1 Å². The number of nitrogens with zero attached hydrogens (tertiary/aromatic N) is 2. The lowest BCUT2D eigenvalue weighted by atomic mass is 10.2. The molecule has 0 aliphatic heterocycles. The summed E-state index contributed by atoms with van der Waals surface area (Å²) in [6.07, 6.45) is 1.50. The van der Waals surface area contributed by atoms with Crippen molar-refractivity contribution >= 4 is 49.1 Å². The van der Waals surface area contributed by atoms with Crippen molar-refractivity contribution in [3.63, 3.8) is 0 Å². The molecular weight excluding hydrogens is 394 g/mol. The van der Waals surface area contributed by atoms with Crippen molar-refractivity contribution in [2.75, 3.05) is 5.32 Å². The average molecular weight is 401 g/mol. The van der Waals surface area contributed by atoms with Gasteiger partial charge in [-0.2, -0.15) is 0 Å². The van der Waals surface area contributed by atoms with E-state index in [9.17, 15) is 14.9 Å². The molecule has 2 rings (SSSR count). The number of hydrogen-bond donors (Lipinski definition) is 1. The number of amides is 1. The van der Waals surface area contributed by atoms with E-state index >= 15 is 0 Å². The number of rotatable bonds is 3. The van der Waals surface area contributed by atoms with Crippen LogP contribution in [0.1, 0.15) is 10.5 Å². The first-order valence-electron chi connectivity index (χ1n) is 5.35. The minimum atomic E-state index is -0.508. The van der Waals surface area contributed by atoms with Gasteiger partial charge in [0.25, 0.3) is 11.6 Å². The highest BCUT2D eigenvalue weighted by Crippen LogP contribution is 2.27. The molecule has 0 saturated heterocycles. The molecule has 6 nitrogen and oxygen atoms in total. The van der Waals surface area contributed by atoms with E-state index < -0.39 is 10.8 Å². The Bertz CT molecular complexity index is 691. The zero-order chi connectivity index (χ0) is 14.7. The van der Waals surface area contributed by atoms with Gasteiger partial charge in [0.1, 0.15) is 5.69 Å². The van der Waals surface area contributed by atoms with Gasteiger partial charge in [-0.1, -0.05) is 0 Å². The van der Waals surface area contributed by atoms with Crippen molar-refractivity contribution in [1.82, 2.24) is 4.98 Å². The molecule has 1 aromatic heterocycles. The first-order valence-corrected chi connectivity index (χ1v) is 6.93. The van der Waals surface area contributed by atoms with Crippen LogP contribution in [0.5, 0.6) is 0 Å². The molecule has 0 atom stereocenters. The number of anilines is 1. The summed E-state index contributed by atoms with van der Waals surface area (Å²) in [5, 5.41) is 13.3. The Balaban J connectivity index is 2.25. The summed E-state index contributed by atoms with van der Waals surface area (Å²) in [6, 6.07) is 7.49. The fourth-order valence-corrected chi connectivity index (χ4v) is 2.35. The second-order valence-corrected chi connectivity index (χ2v) is 5.42. The predicted molar refractivity (Wildman–Crippen MR) is 80.7 cm³/mol. The van der Waals surface area contributed by atoms with Crippen LogP contribution >= 0.6 is 31.9 Å². The molecule has 102 valence electrons. The van der Waals surface area contributed by atoms with Crippen LogP contribution in [0, 0.1) is 10.1 Å². The summed E-state index contributed by atoms with van der Waals surface area (Å²) in [7, 11) is 0. The van der Waals surface area contributed by atoms with E-state index in [-0.39, 0.29) is 11.4 Å². The average Bonchev–Trinajstić information content (AvgIpc) is 2.41. The van der Waals surface area contributed by atoms with Gasteiger partial charge in [-0.15, -0.1) is 0 Å². The Hall–Kier alpha value is -1.80. The molecule has 0 aliphatic carbocycles. The number of nitro groups is 1. The van der Waals surface area contributed by atoms with Gasteiger partial charge >= 0.3 is 0 Å². The summed E-state index contributed by atoms with van der Waals surface area (Å²) < 4.78 is 0.989. The van der Waals surface area contributed by atoms with E-state index in [0.717, 1.165) is 0 Å². The fraction of sp³-hybridized carbons (Fsp3) is 0. The zero-order valence-electron chi connectivity index (χ0n) is 9.84. The van der Waals surface area contributed by atoms with Crippen molar-refractivity contribution in [3.05, 3.63) is 61.3 Å². The second-order valence-electron chi connectivity index (χ2n) is 3.71. The van der Waals surface area contributed by atoms with E-state index in [0.29, 0.717) is 14.6 Å². The number of carbonyl (C=O) groups excluding carboxylic acids is 1. The molecular formula is C12H7Br2N3O3. The van der Waals surface area contributed by atoms with Gasteiger partial charge in [0, 0.05) is 27.3 Å². The van der Waals surface area contributed by atoms with Crippen molar-refractivity contribution in [2.45, 2.75) is 0 Å². The van der Waals surface area contributed by atoms with E-state index in [4.69, 9.17) is 0 Å². The number of non-ortho nitro benzene ring substituents is 1. The fourth-order valence-electron chi connectivity index (χ4n) is 1.45. The van der Waals surface area contributed by atoms with Crippen LogP contribution in [0.2, 0.25) is 0 Å². The maximum absolute atomic E-state index is 12.0. The van der Waals surface area contributed by atoms with Crippen molar-refractivity contribution in [2.24, 2.45) is 0 Å². The van der Waals surface area contributed by atoms with Crippen molar-refractivity contribution in [3.8, 4) is 0 Å². The van der Waals surface area contributed by atoms with Gasteiger partial charge in [0.2, 0.25) is 0 Å². The third-order valence-corrected chi connectivity index (χ3v) is 3.68. The van der Waals surface area contributed by atoms with Crippen LogP contribution < -0.4 is 5.32 Å². The quantitative estimate of drug-likeness (QED) is 0.627. The summed E-state index contributed by atoms with van der Waals surface area (Å²) >= 11 is 6.42. The van der Waals surface area contributed by atoms with E-state index in [2.05, 4.69) is 42.2 Å². The lowest BCUT2D eigenvalue weighted by Gasteiger charge is -2.07. The first-order chi connectivity index (χ1) is 9.49. The van der Waals surface area contributed by atoms with Gasteiger partial charge in [-0.25, -0.2) is 4.98 Å². The summed E-state index contributed by atoms with van der Waals surface area (Å²) in [5.41, 5.74) is 0.602. The Morgan fingerprint density at radius 2 is 2.00 bits per heavy atom. The van der Waals surface area contributed by atoms with Gasteiger partial charge in [0.15, 0.2) is 0 Å². The van der Waals surface area contributed by atoms with E-state index in [1.54, 1.807) is 12.1 Å². The molecule has 1 amide bonds. The molecule has 0 saturated carbocycles. The number of pyridine rings is 1. The normalized spacial score (nSPS) is 10.1. The molecule has 0 aliphatic rings. The summed E-state index contributed by atoms with van der Waals surface area (Å²) in [5.74, 6) is -0.410. The highest BCUT2D eigenvalue weighted by atomic mass is 79.9. The number of hydrogen-bond acceptors (Lipinski definition) is 4. The maximum atomic E-state index is 12.0. The number of halogens is 2. The summed E-state index contributed by atoms with van der Waals surface area (Å²) in [4.78, 5) is 26.1. The largest absolute Gasteiger partial charge is 0.320 e. The highest BCUT2D eigenvalue weighted by Gasteiger charge is 2.14. The third-order valence-electron chi connectivity index (χ3n) is 2.39. The molecule has 1 N–H and O–H groups in total. The highest BCUT2D eigenvalue weighted by molar-refractivity contribution is 9.11. The van der Waals surface area contributed by atoms with Crippen molar-refractivity contribution in [1.29, 1.82) is 0 Å². The molecule has 1 heterocycles. The van der Waals surface area contributed by atoms with Crippen molar-refractivity contribution < 1.29 is 9.72 Å².